The normalized spacial score (nSPS) is 20.1. The van der Waals surface area contributed by atoms with Crippen LogP contribution < -0.4 is 11.1 Å². The van der Waals surface area contributed by atoms with Crippen molar-refractivity contribution in [1.82, 2.24) is 15.1 Å². The molecule has 118 valence electrons. The van der Waals surface area contributed by atoms with Gasteiger partial charge in [0.2, 0.25) is 0 Å². The third-order valence-corrected chi connectivity index (χ3v) is 3.67. The Morgan fingerprint density at radius 2 is 1.95 bits per heavy atom. The van der Waals surface area contributed by atoms with Crippen molar-refractivity contribution in [3.05, 3.63) is 0 Å². The van der Waals surface area contributed by atoms with E-state index >= 15 is 0 Å². The lowest BCUT2D eigenvalue weighted by molar-refractivity contribution is 0.125. The predicted molar refractivity (Wildman–Crippen MR) is 84.1 cm³/mol. The average molecular weight is 285 g/mol. The predicted octanol–water partition coefficient (Wildman–Crippen LogP) is -0.189. The highest BCUT2D eigenvalue weighted by Gasteiger charge is 2.17. The molecule has 0 aliphatic carbocycles. The Morgan fingerprint density at radius 1 is 1.30 bits per heavy atom. The van der Waals surface area contributed by atoms with E-state index in [0.717, 1.165) is 19.6 Å². The van der Waals surface area contributed by atoms with Crippen LogP contribution in [0.1, 0.15) is 13.8 Å². The van der Waals surface area contributed by atoms with Crippen LogP contribution in [0.25, 0.3) is 0 Å². The lowest BCUT2D eigenvalue weighted by Crippen LogP contribution is -2.47. The number of hydrogen-bond donors (Lipinski definition) is 2. The number of piperazine rings is 1. The molecule has 1 saturated heterocycles. The number of likely N-dealkylation sites (N-methyl/N-ethyl adjacent to an activating group) is 1. The number of nitrogens with zero attached hydrogens (tertiary/aromatic N) is 3. The van der Waals surface area contributed by atoms with E-state index in [1.165, 1.54) is 26.2 Å². The Hall–Kier alpha value is -0.850. The zero-order chi connectivity index (χ0) is 14.8. The summed E-state index contributed by atoms with van der Waals surface area (Å²) in [4.78, 5) is 9.41. The van der Waals surface area contributed by atoms with Crippen molar-refractivity contribution in [2.24, 2.45) is 16.6 Å². The summed E-state index contributed by atoms with van der Waals surface area (Å²) in [7, 11) is 1.68. The number of rotatable bonds is 8. The summed E-state index contributed by atoms with van der Waals surface area (Å²) in [5, 5.41) is 3.04. The molecule has 0 amide bonds. The molecule has 1 heterocycles. The van der Waals surface area contributed by atoms with Crippen LogP contribution in [0.5, 0.6) is 0 Å². The fraction of sp³-hybridized carbons (Fsp3) is 0.929. The number of guanidine groups is 1. The van der Waals surface area contributed by atoms with Gasteiger partial charge in [-0.15, -0.1) is 0 Å². The van der Waals surface area contributed by atoms with Gasteiger partial charge in [0.25, 0.3) is 0 Å². The minimum absolute atomic E-state index is 0.518. The lowest BCUT2D eigenvalue weighted by atomic mass is 10.1. The monoisotopic (exact) mass is 285 g/mol. The number of methoxy groups -OCH3 is 1. The molecule has 3 N–H and O–H groups in total. The molecule has 1 atom stereocenters. The molecule has 0 saturated carbocycles. The van der Waals surface area contributed by atoms with Gasteiger partial charge in [-0.05, 0) is 12.5 Å². The van der Waals surface area contributed by atoms with E-state index in [2.05, 4.69) is 34.0 Å². The minimum atomic E-state index is 0.518. The Balaban J connectivity index is 2.16. The van der Waals surface area contributed by atoms with Crippen LogP contribution in [-0.2, 0) is 4.74 Å². The van der Waals surface area contributed by atoms with Gasteiger partial charge in [0.05, 0.1) is 6.61 Å². The van der Waals surface area contributed by atoms with Gasteiger partial charge >= 0.3 is 0 Å². The maximum Gasteiger partial charge on any atom is 0.188 e. The highest BCUT2D eigenvalue weighted by atomic mass is 16.5. The lowest BCUT2D eigenvalue weighted by Gasteiger charge is -2.35. The fourth-order valence-corrected chi connectivity index (χ4v) is 2.38. The van der Waals surface area contributed by atoms with Crippen LogP contribution in [0.4, 0.5) is 0 Å². The van der Waals surface area contributed by atoms with Gasteiger partial charge < -0.3 is 25.6 Å². The van der Waals surface area contributed by atoms with E-state index in [4.69, 9.17) is 10.5 Å². The van der Waals surface area contributed by atoms with Crippen LogP contribution in [0, 0.1) is 5.92 Å². The van der Waals surface area contributed by atoms with Gasteiger partial charge in [-0.25, -0.2) is 0 Å². The van der Waals surface area contributed by atoms with Gasteiger partial charge in [-0.1, -0.05) is 13.8 Å². The number of nitrogens with two attached hydrogens (primary N) is 1. The first-order chi connectivity index (χ1) is 9.65. The van der Waals surface area contributed by atoms with E-state index in [-0.39, 0.29) is 0 Å². The molecule has 0 spiro atoms. The van der Waals surface area contributed by atoms with Crippen molar-refractivity contribution in [2.75, 3.05) is 66.1 Å². The summed E-state index contributed by atoms with van der Waals surface area (Å²) in [6.07, 6.45) is 0. The molecule has 1 aliphatic rings. The van der Waals surface area contributed by atoms with E-state index in [1.54, 1.807) is 7.11 Å². The first kappa shape index (κ1) is 17.2. The SMILES string of the molecule is CCN1CCN(CC(C)CN=C(N)NCCOC)CC1. The van der Waals surface area contributed by atoms with Crippen molar-refractivity contribution < 1.29 is 4.74 Å². The van der Waals surface area contributed by atoms with E-state index in [1.807, 2.05) is 0 Å². The van der Waals surface area contributed by atoms with E-state index in [9.17, 15) is 0 Å². The smallest absolute Gasteiger partial charge is 0.188 e. The molecular formula is C14H31N5O. The molecule has 6 heteroatoms. The zero-order valence-corrected chi connectivity index (χ0v) is 13.3. The second-order valence-corrected chi connectivity index (χ2v) is 5.49. The maximum atomic E-state index is 5.80. The Bertz CT molecular complexity index is 277. The molecule has 20 heavy (non-hydrogen) atoms. The summed E-state index contributed by atoms with van der Waals surface area (Å²) in [6.45, 7) is 13.6. The largest absolute Gasteiger partial charge is 0.383 e. The molecule has 0 bridgehead atoms. The summed E-state index contributed by atoms with van der Waals surface area (Å²) in [6, 6.07) is 0. The highest BCUT2D eigenvalue weighted by molar-refractivity contribution is 5.77. The first-order valence-electron chi connectivity index (χ1n) is 7.63. The second kappa shape index (κ2) is 9.96. The van der Waals surface area contributed by atoms with Crippen LogP contribution in [-0.4, -0.2) is 81.8 Å². The van der Waals surface area contributed by atoms with Crippen molar-refractivity contribution in [1.29, 1.82) is 0 Å². The highest BCUT2D eigenvalue weighted by Crippen LogP contribution is 2.05. The molecule has 0 aromatic heterocycles. The van der Waals surface area contributed by atoms with Crippen LogP contribution in [0.2, 0.25) is 0 Å². The van der Waals surface area contributed by atoms with Crippen LogP contribution in [0.15, 0.2) is 4.99 Å². The Morgan fingerprint density at radius 3 is 2.55 bits per heavy atom. The van der Waals surface area contributed by atoms with Crippen molar-refractivity contribution in [2.45, 2.75) is 13.8 Å². The van der Waals surface area contributed by atoms with Gasteiger partial charge in [-0.3, -0.25) is 4.99 Å². The van der Waals surface area contributed by atoms with Crippen molar-refractivity contribution in [3.63, 3.8) is 0 Å². The van der Waals surface area contributed by atoms with E-state index in [0.29, 0.717) is 25.0 Å². The Labute approximate surface area is 123 Å². The topological polar surface area (TPSA) is 66.1 Å². The average Bonchev–Trinajstić information content (AvgIpc) is 2.46. The summed E-state index contributed by atoms with van der Waals surface area (Å²) >= 11 is 0. The molecule has 1 unspecified atom stereocenters. The quantitative estimate of drug-likeness (QED) is 0.368. The number of nitrogens with one attached hydrogen (secondary N) is 1. The third-order valence-electron chi connectivity index (χ3n) is 3.67. The summed E-state index contributed by atoms with van der Waals surface area (Å²) in [5.41, 5.74) is 5.80. The van der Waals surface area contributed by atoms with Crippen molar-refractivity contribution >= 4 is 5.96 Å². The molecular weight excluding hydrogens is 254 g/mol. The third kappa shape index (κ3) is 7.07. The molecule has 6 nitrogen and oxygen atoms in total. The number of aliphatic imine (C=N–C) groups is 1. The molecule has 1 fully saturated rings. The molecule has 0 radical (unpaired) electrons. The Kier molecular flexibility index (Phi) is 8.57. The first-order valence-corrected chi connectivity index (χ1v) is 7.63. The van der Waals surface area contributed by atoms with E-state index < -0.39 is 0 Å². The molecule has 1 aliphatic heterocycles. The zero-order valence-electron chi connectivity index (χ0n) is 13.3. The van der Waals surface area contributed by atoms with Gasteiger partial charge in [0.1, 0.15) is 0 Å². The summed E-state index contributed by atoms with van der Waals surface area (Å²) < 4.78 is 4.95. The second-order valence-electron chi connectivity index (χ2n) is 5.49. The number of hydrogen-bond acceptors (Lipinski definition) is 4. The molecule has 0 aromatic carbocycles. The van der Waals surface area contributed by atoms with Crippen molar-refractivity contribution in [3.8, 4) is 0 Å². The van der Waals surface area contributed by atoms with Gasteiger partial charge in [0.15, 0.2) is 5.96 Å². The fourth-order valence-electron chi connectivity index (χ4n) is 2.38. The minimum Gasteiger partial charge on any atom is -0.383 e. The molecule has 1 rings (SSSR count). The molecule has 0 aromatic rings. The number of ether oxygens (including phenoxy) is 1. The van der Waals surface area contributed by atoms with Gasteiger partial charge in [0, 0.05) is 52.9 Å². The summed E-state index contributed by atoms with van der Waals surface area (Å²) in [5.74, 6) is 1.05. The van der Waals surface area contributed by atoms with Crippen LogP contribution in [0.3, 0.4) is 0 Å². The standard InChI is InChI=1S/C14H31N5O/c1-4-18-6-8-19(9-7-18)12-13(2)11-17-14(15)16-5-10-20-3/h13H,4-12H2,1-3H3,(H3,15,16,17). The van der Waals surface area contributed by atoms with Crippen LogP contribution >= 0.6 is 0 Å². The maximum absolute atomic E-state index is 5.80. The van der Waals surface area contributed by atoms with Gasteiger partial charge in [-0.2, -0.15) is 0 Å².